The third-order valence-electron chi connectivity index (χ3n) is 3.64. The van der Waals surface area contributed by atoms with E-state index in [4.69, 9.17) is 9.47 Å². The van der Waals surface area contributed by atoms with Gasteiger partial charge < -0.3 is 19.9 Å². The predicted octanol–water partition coefficient (Wildman–Crippen LogP) is 1.45. The Hall–Kier alpha value is -1.01. The van der Waals surface area contributed by atoms with Crippen LogP contribution in [-0.2, 0) is 0 Å². The molecular formula is C15H25ClN2O3. The van der Waals surface area contributed by atoms with Crippen LogP contribution in [0.1, 0.15) is 18.5 Å². The van der Waals surface area contributed by atoms with Crippen molar-refractivity contribution in [3.63, 3.8) is 0 Å². The van der Waals surface area contributed by atoms with E-state index in [1.165, 1.54) is 0 Å². The van der Waals surface area contributed by atoms with Gasteiger partial charge in [0.25, 0.3) is 0 Å². The molecule has 6 heteroatoms. The number of rotatable bonds is 6. The van der Waals surface area contributed by atoms with Crippen molar-refractivity contribution in [2.45, 2.75) is 13.0 Å². The van der Waals surface area contributed by atoms with E-state index in [-0.39, 0.29) is 25.1 Å². The van der Waals surface area contributed by atoms with Crippen molar-refractivity contribution in [2.75, 3.05) is 46.5 Å². The van der Waals surface area contributed by atoms with Gasteiger partial charge in [0.15, 0.2) is 11.5 Å². The van der Waals surface area contributed by atoms with Crippen LogP contribution in [-0.4, -0.2) is 56.5 Å². The molecule has 2 N–H and O–H groups in total. The number of hydrogen-bond acceptors (Lipinski definition) is 5. The zero-order valence-corrected chi connectivity index (χ0v) is 13.5. The number of benzene rings is 1. The Morgan fingerprint density at radius 2 is 2.00 bits per heavy atom. The largest absolute Gasteiger partial charge is 0.493 e. The summed E-state index contributed by atoms with van der Waals surface area (Å²) >= 11 is 0. The number of hydrogen-bond donors (Lipinski definition) is 2. The first-order valence-electron chi connectivity index (χ1n) is 7.16. The average molecular weight is 317 g/mol. The predicted molar refractivity (Wildman–Crippen MR) is 85.7 cm³/mol. The van der Waals surface area contributed by atoms with Crippen molar-refractivity contribution < 1.29 is 14.6 Å². The summed E-state index contributed by atoms with van der Waals surface area (Å²) in [6.45, 7) is 6.47. The van der Waals surface area contributed by atoms with E-state index in [0.29, 0.717) is 6.61 Å². The lowest BCUT2D eigenvalue weighted by Gasteiger charge is -2.34. The molecule has 0 spiro atoms. The highest BCUT2D eigenvalue weighted by molar-refractivity contribution is 5.85. The Labute approximate surface area is 132 Å². The van der Waals surface area contributed by atoms with Gasteiger partial charge in [0.1, 0.15) is 0 Å². The molecule has 0 bridgehead atoms. The van der Waals surface area contributed by atoms with Gasteiger partial charge in [-0.2, -0.15) is 0 Å². The van der Waals surface area contributed by atoms with E-state index in [2.05, 4.69) is 10.2 Å². The Bertz CT molecular complexity index is 425. The van der Waals surface area contributed by atoms with Gasteiger partial charge in [0.05, 0.1) is 26.4 Å². The third kappa shape index (κ3) is 4.48. The molecule has 1 saturated heterocycles. The lowest BCUT2D eigenvalue weighted by Crippen LogP contribution is -2.46. The number of ether oxygens (including phenoxy) is 2. The van der Waals surface area contributed by atoms with Gasteiger partial charge in [-0.3, -0.25) is 4.90 Å². The first-order valence-corrected chi connectivity index (χ1v) is 7.16. The fourth-order valence-corrected chi connectivity index (χ4v) is 2.59. The van der Waals surface area contributed by atoms with Crippen LogP contribution in [0.2, 0.25) is 0 Å². The summed E-state index contributed by atoms with van der Waals surface area (Å²) in [5.41, 5.74) is 1.07. The molecular weight excluding hydrogens is 292 g/mol. The highest BCUT2D eigenvalue weighted by Gasteiger charge is 2.22. The van der Waals surface area contributed by atoms with Crippen LogP contribution < -0.4 is 14.8 Å². The zero-order valence-electron chi connectivity index (χ0n) is 12.7. The average Bonchev–Trinajstić information content (AvgIpc) is 2.50. The van der Waals surface area contributed by atoms with Gasteiger partial charge in [-0.1, -0.05) is 6.07 Å². The van der Waals surface area contributed by atoms with Crippen molar-refractivity contribution in [1.82, 2.24) is 10.2 Å². The molecule has 5 nitrogen and oxygen atoms in total. The second kappa shape index (κ2) is 9.10. The van der Waals surface area contributed by atoms with Crippen LogP contribution >= 0.6 is 12.4 Å². The number of halogens is 1. The number of methoxy groups -OCH3 is 1. The van der Waals surface area contributed by atoms with Gasteiger partial charge in [0.2, 0.25) is 0 Å². The van der Waals surface area contributed by atoms with E-state index in [9.17, 15) is 5.11 Å². The summed E-state index contributed by atoms with van der Waals surface area (Å²) in [7, 11) is 1.64. The smallest absolute Gasteiger partial charge is 0.161 e. The monoisotopic (exact) mass is 316 g/mol. The Morgan fingerprint density at radius 1 is 1.29 bits per heavy atom. The van der Waals surface area contributed by atoms with E-state index < -0.39 is 0 Å². The number of aliphatic hydroxyl groups excluding tert-OH is 1. The van der Waals surface area contributed by atoms with Crippen molar-refractivity contribution in [1.29, 1.82) is 0 Å². The van der Waals surface area contributed by atoms with E-state index in [1.807, 2.05) is 25.1 Å². The molecule has 0 aromatic heterocycles. The normalized spacial score (nSPS) is 16.9. The van der Waals surface area contributed by atoms with Crippen molar-refractivity contribution in [3.8, 4) is 11.5 Å². The molecule has 1 aromatic rings. The molecule has 0 radical (unpaired) electrons. The highest BCUT2D eigenvalue weighted by atomic mass is 35.5. The molecule has 1 aromatic carbocycles. The fourth-order valence-electron chi connectivity index (χ4n) is 2.59. The maximum atomic E-state index is 9.74. The van der Waals surface area contributed by atoms with Gasteiger partial charge in [-0.05, 0) is 24.6 Å². The summed E-state index contributed by atoms with van der Waals surface area (Å²) in [6, 6.07) is 5.91. The number of nitrogens with zero attached hydrogens (tertiary/aromatic N) is 1. The fraction of sp³-hybridized carbons (Fsp3) is 0.600. The Balaban J connectivity index is 0.00000220. The van der Waals surface area contributed by atoms with Gasteiger partial charge in [0, 0.05) is 26.2 Å². The van der Waals surface area contributed by atoms with Crippen LogP contribution in [0.3, 0.4) is 0 Å². The second-order valence-corrected chi connectivity index (χ2v) is 4.83. The second-order valence-electron chi connectivity index (χ2n) is 4.83. The van der Waals surface area contributed by atoms with Crippen LogP contribution in [0.5, 0.6) is 11.5 Å². The summed E-state index contributed by atoms with van der Waals surface area (Å²) in [6.07, 6.45) is 0. The van der Waals surface area contributed by atoms with E-state index in [1.54, 1.807) is 7.11 Å². The molecule has 0 saturated carbocycles. The molecule has 0 unspecified atom stereocenters. The summed E-state index contributed by atoms with van der Waals surface area (Å²) in [5, 5.41) is 13.1. The number of piperazine rings is 1. The molecule has 120 valence electrons. The molecule has 0 aliphatic carbocycles. The molecule has 21 heavy (non-hydrogen) atoms. The maximum absolute atomic E-state index is 9.74. The van der Waals surface area contributed by atoms with Crippen LogP contribution in [0.4, 0.5) is 0 Å². The lowest BCUT2D eigenvalue weighted by molar-refractivity contribution is 0.110. The maximum Gasteiger partial charge on any atom is 0.161 e. The van der Waals surface area contributed by atoms with Crippen molar-refractivity contribution in [2.24, 2.45) is 0 Å². The van der Waals surface area contributed by atoms with E-state index in [0.717, 1.165) is 43.2 Å². The summed E-state index contributed by atoms with van der Waals surface area (Å²) in [5.74, 6) is 1.47. The van der Waals surface area contributed by atoms with Crippen LogP contribution in [0.15, 0.2) is 18.2 Å². The van der Waals surface area contributed by atoms with Gasteiger partial charge in [-0.15, -0.1) is 12.4 Å². The third-order valence-corrected chi connectivity index (χ3v) is 3.64. The van der Waals surface area contributed by atoms with E-state index >= 15 is 0 Å². The zero-order chi connectivity index (χ0) is 14.4. The lowest BCUT2D eigenvalue weighted by atomic mass is 10.0. The van der Waals surface area contributed by atoms with Crippen LogP contribution in [0, 0.1) is 0 Å². The standard InChI is InChI=1S/C15H24N2O3.ClH/c1-3-20-15-10-12(4-5-14(15)19-2)13(11-18)17-8-6-16-7-9-17;/h4-5,10,13,16,18H,3,6-9,11H2,1-2H3;1H/t13-;/m1./s1. The Morgan fingerprint density at radius 3 is 2.57 bits per heavy atom. The molecule has 1 heterocycles. The molecule has 2 rings (SSSR count). The first-order chi connectivity index (χ1) is 9.80. The van der Waals surface area contributed by atoms with Gasteiger partial charge >= 0.3 is 0 Å². The molecule has 0 amide bonds. The quantitative estimate of drug-likeness (QED) is 0.832. The molecule has 1 aliphatic heterocycles. The number of aliphatic hydroxyl groups is 1. The molecule has 1 aliphatic rings. The minimum atomic E-state index is 0. The van der Waals surface area contributed by atoms with Crippen molar-refractivity contribution in [3.05, 3.63) is 23.8 Å². The van der Waals surface area contributed by atoms with Gasteiger partial charge in [-0.25, -0.2) is 0 Å². The number of nitrogens with one attached hydrogen (secondary N) is 1. The summed E-state index contributed by atoms with van der Waals surface area (Å²) in [4.78, 5) is 2.30. The topological polar surface area (TPSA) is 54.0 Å². The minimum absolute atomic E-state index is 0. The van der Waals surface area contributed by atoms with Crippen molar-refractivity contribution >= 4 is 12.4 Å². The first kappa shape index (κ1) is 18.0. The molecule has 1 atom stereocenters. The highest BCUT2D eigenvalue weighted by Crippen LogP contribution is 2.32. The Kier molecular flexibility index (Phi) is 7.82. The minimum Gasteiger partial charge on any atom is -0.493 e. The SMILES string of the molecule is CCOc1cc([C@@H](CO)N2CCNCC2)ccc1OC.Cl. The summed E-state index contributed by atoms with van der Waals surface area (Å²) < 4.78 is 10.9. The molecule has 1 fully saturated rings. The van der Waals surface area contributed by atoms with Crippen LogP contribution in [0.25, 0.3) is 0 Å².